The third-order valence-corrected chi connectivity index (χ3v) is 9.55. The molecule has 0 aliphatic heterocycles. The summed E-state index contributed by atoms with van der Waals surface area (Å²) in [6.07, 6.45) is 28.4. The van der Waals surface area contributed by atoms with E-state index < -0.39 is 66.2 Å². The number of phosphoric acid groups is 2. The summed E-state index contributed by atoms with van der Waals surface area (Å²) in [5.74, 6) is -0.261. The molecule has 4 N–H and O–H groups in total. The van der Waals surface area contributed by atoms with Crippen LogP contribution in [0.15, 0.2) is 48.6 Å². The van der Waals surface area contributed by atoms with Crippen molar-refractivity contribution in [1.29, 1.82) is 0 Å². The Labute approximate surface area is 335 Å². The molecule has 0 rings (SSSR count). The van der Waals surface area contributed by atoms with Crippen LogP contribution in [0, 0.1) is 5.92 Å². The number of aliphatic hydroxyl groups is 1. The Hall–Kier alpha value is -2.25. The molecular weight excluding hydrogens is 766 g/mol. The summed E-state index contributed by atoms with van der Waals surface area (Å²) in [4.78, 5) is 64.2. The number of phosphoric ester groups is 2. The summed E-state index contributed by atoms with van der Waals surface area (Å²) < 4.78 is 47.5. The minimum atomic E-state index is -4.87. The number of carbonyl (C=O) groups excluding carboxylic acids is 3. The SMILES string of the molecule is CCCCCC(=O)/C=C/C=C\C/C=C\C/C=C\CCCC(=O)O[C@H](COC(=O)CCCCCCCCCCC(C)C)COP(=O)(O)OC[C@@H](O)COP(=O)(O)O. The second kappa shape index (κ2) is 34.8. The molecule has 0 spiro atoms. The summed E-state index contributed by atoms with van der Waals surface area (Å²) in [5.41, 5.74) is 0. The fraction of sp³-hybridized carbons (Fsp3) is 0.725. The van der Waals surface area contributed by atoms with Crippen LogP contribution in [0.1, 0.15) is 143 Å². The Bertz CT molecular complexity index is 1260. The largest absolute Gasteiger partial charge is 0.472 e. The summed E-state index contributed by atoms with van der Waals surface area (Å²) in [5, 5.41) is 9.72. The Morgan fingerprint density at radius 1 is 0.625 bits per heavy atom. The van der Waals surface area contributed by atoms with Gasteiger partial charge >= 0.3 is 27.6 Å². The van der Waals surface area contributed by atoms with Gasteiger partial charge in [0.2, 0.25) is 0 Å². The highest BCUT2D eigenvalue weighted by atomic mass is 31.2. The molecule has 0 aromatic carbocycles. The average Bonchev–Trinajstić information content (AvgIpc) is 3.13. The van der Waals surface area contributed by atoms with Crippen molar-refractivity contribution in [2.24, 2.45) is 5.92 Å². The van der Waals surface area contributed by atoms with Gasteiger partial charge in [-0.2, -0.15) is 0 Å². The maximum absolute atomic E-state index is 12.6. The van der Waals surface area contributed by atoms with Crippen molar-refractivity contribution in [3.05, 3.63) is 48.6 Å². The smallest absolute Gasteiger partial charge is 0.462 e. The van der Waals surface area contributed by atoms with E-state index in [-0.39, 0.29) is 18.6 Å². The van der Waals surface area contributed by atoms with Gasteiger partial charge in [-0.05, 0) is 50.5 Å². The highest BCUT2D eigenvalue weighted by molar-refractivity contribution is 7.47. The van der Waals surface area contributed by atoms with Crippen LogP contribution in [-0.4, -0.2) is 76.1 Å². The molecule has 324 valence electrons. The van der Waals surface area contributed by atoms with Gasteiger partial charge in [-0.15, -0.1) is 0 Å². The second-order valence-electron chi connectivity index (χ2n) is 14.1. The lowest BCUT2D eigenvalue weighted by atomic mass is 10.0. The highest BCUT2D eigenvalue weighted by Gasteiger charge is 2.28. The Morgan fingerprint density at radius 3 is 1.86 bits per heavy atom. The number of aliphatic hydroxyl groups excluding tert-OH is 1. The molecule has 16 heteroatoms. The van der Waals surface area contributed by atoms with Gasteiger partial charge in [-0.25, -0.2) is 9.13 Å². The number of carbonyl (C=O) groups is 3. The van der Waals surface area contributed by atoms with E-state index in [4.69, 9.17) is 23.8 Å². The standard InChI is InChI=1S/C40H70O14P2/c1-4-5-21-27-36(41)28-23-18-14-9-7-6-8-10-16-20-25-30-40(44)54-38(34-53-56(48,49)52-32-37(42)31-51-55(45,46)47)33-50-39(43)29-24-19-15-12-11-13-17-22-26-35(2)3/h6-7,10,14,16,18,23,28,35,37-38,42H,4-5,8-9,11-13,15,17,19-22,24-27,29-34H2,1-3H3,(H,48,49)(H2,45,46,47)/b7-6-,16-10-,18-14-,28-23+/t37-,38+/m0/s1. The third-order valence-electron chi connectivity index (χ3n) is 8.11. The number of ketones is 1. The Kier molecular flexibility index (Phi) is 33.4. The first-order chi connectivity index (χ1) is 26.6. The minimum absolute atomic E-state index is 0.0286. The molecule has 0 radical (unpaired) electrons. The molecule has 0 aliphatic carbocycles. The van der Waals surface area contributed by atoms with Crippen molar-refractivity contribution < 1.29 is 66.3 Å². The molecule has 0 aromatic rings. The fourth-order valence-electron chi connectivity index (χ4n) is 5.01. The van der Waals surface area contributed by atoms with Crippen LogP contribution in [-0.2, 0) is 46.6 Å². The molecule has 0 aliphatic rings. The summed E-state index contributed by atoms with van der Waals surface area (Å²) in [6.45, 7) is 3.75. The van der Waals surface area contributed by atoms with Gasteiger partial charge in [0.25, 0.3) is 0 Å². The third kappa shape index (κ3) is 38.6. The molecule has 0 bridgehead atoms. The zero-order chi connectivity index (χ0) is 41.9. The number of allylic oxidation sites excluding steroid dienone is 8. The van der Waals surface area contributed by atoms with E-state index in [1.807, 2.05) is 36.5 Å². The molecule has 0 saturated heterocycles. The lowest BCUT2D eigenvalue weighted by molar-refractivity contribution is -0.161. The summed E-state index contributed by atoms with van der Waals surface area (Å²) in [7, 11) is -9.70. The van der Waals surface area contributed by atoms with Crippen LogP contribution in [0.3, 0.4) is 0 Å². The average molecular weight is 837 g/mol. The normalized spacial score (nSPS) is 14.6. The molecular formula is C40H70O14P2. The van der Waals surface area contributed by atoms with Crippen LogP contribution >= 0.6 is 15.6 Å². The lowest BCUT2D eigenvalue weighted by Gasteiger charge is -2.20. The monoisotopic (exact) mass is 836 g/mol. The van der Waals surface area contributed by atoms with E-state index in [2.05, 4.69) is 29.8 Å². The van der Waals surface area contributed by atoms with Crippen LogP contribution in [0.25, 0.3) is 0 Å². The van der Waals surface area contributed by atoms with Gasteiger partial charge in [0.15, 0.2) is 11.9 Å². The van der Waals surface area contributed by atoms with E-state index in [1.165, 1.54) is 32.1 Å². The molecule has 0 fully saturated rings. The lowest BCUT2D eigenvalue weighted by Crippen LogP contribution is -2.29. The number of ether oxygens (including phenoxy) is 2. The quantitative estimate of drug-likeness (QED) is 0.0115. The van der Waals surface area contributed by atoms with Crippen LogP contribution in [0.4, 0.5) is 0 Å². The summed E-state index contributed by atoms with van der Waals surface area (Å²) >= 11 is 0. The Balaban J connectivity index is 4.71. The van der Waals surface area contributed by atoms with Gasteiger partial charge in [0.05, 0.1) is 19.8 Å². The van der Waals surface area contributed by atoms with Crippen LogP contribution in [0.2, 0.25) is 0 Å². The molecule has 0 saturated carbocycles. The predicted molar refractivity (Wildman–Crippen MR) is 216 cm³/mol. The van der Waals surface area contributed by atoms with Crippen molar-refractivity contribution in [1.82, 2.24) is 0 Å². The molecule has 3 atom stereocenters. The zero-order valence-corrected chi connectivity index (χ0v) is 35.7. The van der Waals surface area contributed by atoms with Crippen LogP contribution in [0.5, 0.6) is 0 Å². The van der Waals surface area contributed by atoms with Crippen molar-refractivity contribution in [2.45, 2.75) is 155 Å². The molecule has 0 amide bonds. The molecule has 56 heavy (non-hydrogen) atoms. The molecule has 0 aromatic heterocycles. The molecule has 0 heterocycles. The first-order valence-electron chi connectivity index (χ1n) is 20.1. The number of rotatable bonds is 37. The van der Waals surface area contributed by atoms with Gasteiger partial charge < -0.3 is 29.3 Å². The van der Waals surface area contributed by atoms with Crippen molar-refractivity contribution >= 4 is 33.4 Å². The highest BCUT2D eigenvalue weighted by Crippen LogP contribution is 2.43. The topological polar surface area (TPSA) is 212 Å². The van der Waals surface area contributed by atoms with Gasteiger partial charge in [0, 0.05) is 19.3 Å². The van der Waals surface area contributed by atoms with E-state index in [0.717, 1.165) is 50.9 Å². The number of unbranched alkanes of at least 4 members (excludes halogenated alkanes) is 10. The van der Waals surface area contributed by atoms with E-state index in [9.17, 15) is 33.5 Å². The molecule has 14 nitrogen and oxygen atoms in total. The first kappa shape index (κ1) is 53.8. The van der Waals surface area contributed by atoms with Gasteiger partial charge in [-0.1, -0.05) is 128 Å². The second-order valence-corrected chi connectivity index (χ2v) is 16.8. The van der Waals surface area contributed by atoms with Gasteiger partial charge in [0.1, 0.15) is 12.7 Å². The van der Waals surface area contributed by atoms with E-state index in [1.54, 1.807) is 12.2 Å². The van der Waals surface area contributed by atoms with Gasteiger partial charge in [-0.3, -0.25) is 28.0 Å². The van der Waals surface area contributed by atoms with Crippen molar-refractivity contribution in [2.75, 3.05) is 26.4 Å². The Morgan fingerprint density at radius 2 is 1.20 bits per heavy atom. The van der Waals surface area contributed by atoms with E-state index in [0.29, 0.717) is 32.1 Å². The molecule has 1 unspecified atom stereocenters. The van der Waals surface area contributed by atoms with Crippen LogP contribution < -0.4 is 0 Å². The zero-order valence-electron chi connectivity index (χ0n) is 33.9. The van der Waals surface area contributed by atoms with Crippen molar-refractivity contribution in [3.63, 3.8) is 0 Å². The first-order valence-corrected chi connectivity index (χ1v) is 23.2. The van der Waals surface area contributed by atoms with E-state index >= 15 is 0 Å². The fourth-order valence-corrected chi connectivity index (χ4v) is 6.16. The maximum Gasteiger partial charge on any atom is 0.472 e. The minimum Gasteiger partial charge on any atom is -0.462 e. The number of hydrogen-bond acceptors (Lipinski definition) is 11. The predicted octanol–water partition coefficient (Wildman–Crippen LogP) is 8.93. The maximum atomic E-state index is 12.6. The number of hydrogen-bond donors (Lipinski definition) is 4. The summed E-state index contributed by atoms with van der Waals surface area (Å²) in [6, 6.07) is 0. The van der Waals surface area contributed by atoms with Crippen molar-refractivity contribution in [3.8, 4) is 0 Å². The number of esters is 2.